The fraction of sp³-hybridized carbons (Fsp3) is 0.333. The summed E-state index contributed by atoms with van der Waals surface area (Å²) in [4.78, 5) is 18.9. The van der Waals surface area contributed by atoms with Crippen LogP contribution in [-0.4, -0.2) is 48.0 Å². The van der Waals surface area contributed by atoms with Gasteiger partial charge >= 0.3 is 37.8 Å². The molecule has 0 saturated heterocycles. The third-order valence-corrected chi connectivity index (χ3v) is 0.302. The molecule has 0 aliphatic heterocycles. The van der Waals surface area contributed by atoms with Crippen molar-refractivity contribution in [3.8, 4) is 0 Å². The molecule has 0 saturated carbocycles. The van der Waals surface area contributed by atoms with E-state index in [0.717, 1.165) is 0 Å². The number of hydrogen-bond acceptors (Lipinski definition) is 2. The first kappa shape index (κ1) is 10.7. The van der Waals surface area contributed by atoms with E-state index in [4.69, 9.17) is 10.2 Å². The van der Waals surface area contributed by atoms with Gasteiger partial charge in [0.25, 0.3) is 0 Å². The summed E-state index contributed by atoms with van der Waals surface area (Å²) in [6, 6.07) is 0. The van der Waals surface area contributed by atoms with Crippen molar-refractivity contribution in [2.75, 3.05) is 0 Å². The minimum atomic E-state index is -1.31. The van der Waals surface area contributed by atoms with Crippen molar-refractivity contribution in [1.82, 2.24) is 0 Å². The molecule has 0 amide bonds. The minimum absolute atomic E-state index is 0. The van der Waals surface area contributed by atoms with E-state index in [0.29, 0.717) is 0 Å². The molecular formula is C3H7InO4. The molecule has 0 unspecified atom stereocenters. The molecule has 0 aromatic heterocycles. The topological polar surface area (TPSA) is 74.6 Å². The Labute approximate surface area is 64.3 Å². The van der Waals surface area contributed by atoms with Crippen LogP contribution in [0.2, 0.25) is 0 Å². The fourth-order valence-electron chi connectivity index (χ4n) is 0.129. The fourth-order valence-corrected chi connectivity index (χ4v) is 0.129. The monoisotopic (exact) mass is 222 g/mol. The van der Waals surface area contributed by atoms with E-state index in [2.05, 4.69) is 0 Å². The number of rotatable bonds is 2. The number of carbonyl (C=O) groups is 2. The zero-order valence-electron chi connectivity index (χ0n) is 3.42. The first-order chi connectivity index (χ1) is 3.13. The number of hydrogen-bond donors (Lipinski definition) is 2. The van der Waals surface area contributed by atoms with Crippen LogP contribution in [0.3, 0.4) is 0 Å². The van der Waals surface area contributed by atoms with Gasteiger partial charge in [0.05, 0.1) is 0 Å². The zero-order chi connectivity index (χ0) is 5.86. The van der Waals surface area contributed by atoms with Crippen molar-refractivity contribution >= 4 is 37.8 Å². The Morgan fingerprint density at radius 2 is 1.38 bits per heavy atom. The van der Waals surface area contributed by atoms with Gasteiger partial charge in [-0.25, -0.2) is 0 Å². The van der Waals surface area contributed by atoms with E-state index in [1.165, 1.54) is 0 Å². The van der Waals surface area contributed by atoms with E-state index in [-0.39, 0.29) is 25.8 Å². The molecule has 0 fully saturated rings. The van der Waals surface area contributed by atoms with Crippen LogP contribution in [0.5, 0.6) is 0 Å². The Balaban J connectivity index is 0. The van der Waals surface area contributed by atoms with Gasteiger partial charge in [-0.15, -0.1) is 0 Å². The van der Waals surface area contributed by atoms with Gasteiger partial charge in [-0.1, -0.05) is 0 Å². The van der Waals surface area contributed by atoms with Gasteiger partial charge in [-0.05, 0) is 0 Å². The van der Waals surface area contributed by atoms with Crippen molar-refractivity contribution in [2.24, 2.45) is 0 Å². The molecule has 0 aromatic carbocycles. The maximum atomic E-state index is 9.43. The SMILES string of the molecule is O=C(O)CC(=O)O.[InH3]. The van der Waals surface area contributed by atoms with Crippen molar-refractivity contribution in [2.45, 2.75) is 6.42 Å². The normalized spacial score (nSPS) is 7.00. The molecule has 46 valence electrons. The summed E-state index contributed by atoms with van der Waals surface area (Å²) in [5.41, 5.74) is 0. The molecule has 0 rings (SSSR count). The molecule has 8 heavy (non-hydrogen) atoms. The zero-order valence-corrected chi connectivity index (χ0v) is 3.42. The standard InChI is InChI=1S/C3H4O4.In.3H/c4-2(5)1-3(6)7;;;;/h1H2,(H,4,5)(H,6,7);;;;. The summed E-state index contributed by atoms with van der Waals surface area (Å²) in [6.07, 6.45) is -0.806. The molecule has 0 bridgehead atoms. The second-order valence-electron chi connectivity index (χ2n) is 0.964. The molecular weight excluding hydrogens is 215 g/mol. The molecule has 5 heteroatoms. The van der Waals surface area contributed by atoms with Crippen LogP contribution >= 0.6 is 0 Å². The Morgan fingerprint density at radius 1 is 1.12 bits per heavy atom. The average molecular weight is 222 g/mol. The summed E-state index contributed by atoms with van der Waals surface area (Å²) in [5.74, 6) is -2.62. The Kier molecular flexibility index (Phi) is 6.65. The third kappa shape index (κ3) is 9.26. The Morgan fingerprint density at radius 3 is 1.38 bits per heavy atom. The molecule has 2 N–H and O–H groups in total. The van der Waals surface area contributed by atoms with Gasteiger partial charge in [0.2, 0.25) is 0 Å². The van der Waals surface area contributed by atoms with Crippen LogP contribution in [0.25, 0.3) is 0 Å². The van der Waals surface area contributed by atoms with E-state index in [1.807, 2.05) is 0 Å². The van der Waals surface area contributed by atoms with Crippen LogP contribution < -0.4 is 0 Å². The Bertz CT molecular complexity index is 87.5. The van der Waals surface area contributed by atoms with Crippen LogP contribution in [-0.2, 0) is 9.59 Å². The predicted molar refractivity (Wildman–Crippen MR) is 29.8 cm³/mol. The van der Waals surface area contributed by atoms with E-state index in [1.54, 1.807) is 0 Å². The number of carboxylic acids is 2. The molecule has 0 heterocycles. The maximum absolute atomic E-state index is 9.43. The van der Waals surface area contributed by atoms with Crippen molar-refractivity contribution < 1.29 is 19.8 Å². The van der Waals surface area contributed by atoms with Gasteiger partial charge in [0.1, 0.15) is 6.42 Å². The second kappa shape index (κ2) is 4.96. The molecule has 4 nitrogen and oxygen atoms in total. The Hall–Kier alpha value is -0.190. The van der Waals surface area contributed by atoms with Crippen molar-refractivity contribution in [1.29, 1.82) is 0 Å². The van der Waals surface area contributed by atoms with Crippen molar-refractivity contribution in [3.05, 3.63) is 0 Å². The summed E-state index contributed by atoms with van der Waals surface area (Å²) in [6.45, 7) is 0. The predicted octanol–water partition coefficient (Wildman–Crippen LogP) is -1.64. The van der Waals surface area contributed by atoms with E-state index >= 15 is 0 Å². The van der Waals surface area contributed by atoms with Crippen molar-refractivity contribution in [3.63, 3.8) is 0 Å². The van der Waals surface area contributed by atoms with Gasteiger partial charge in [-0.3, -0.25) is 9.59 Å². The molecule has 0 aliphatic rings. The van der Waals surface area contributed by atoms with Gasteiger partial charge in [0, 0.05) is 0 Å². The molecule has 0 radical (unpaired) electrons. The van der Waals surface area contributed by atoms with Gasteiger partial charge in [0.15, 0.2) is 0 Å². The molecule has 0 spiro atoms. The quantitative estimate of drug-likeness (QED) is 0.549. The first-order valence-electron chi connectivity index (χ1n) is 1.56. The number of carboxylic acid groups (broad SMARTS) is 2. The second-order valence-corrected chi connectivity index (χ2v) is 0.964. The summed E-state index contributed by atoms with van der Waals surface area (Å²) < 4.78 is 0. The van der Waals surface area contributed by atoms with E-state index < -0.39 is 18.4 Å². The van der Waals surface area contributed by atoms with E-state index in [9.17, 15) is 9.59 Å². The molecule has 0 aromatic rings. The third-order valence-electron chi connectivity index (χ3n) is 0.302. The number of aliphatic carboxylic acids is 2. The first-order valence-corrected chi connectivity index (χ1v) is 1.56. The van der Waals surface area contributed by atoms with Gasteiger partial charge in [-0.2, -0.15) is 0 Å². The van der Waals surface area contributed by atoms with Crippen LogP contribution in [0.15, 0.2) is 0 Å². The summed E-state index contributed by atoms with van der Waals surface area (Å²) in [7, 11) is 0. The average Bonchev–Trinajstić information content (AvgIpc) is 1.27. The van der Waals surface area contributed by atoms with Gasteiger partial charge < -0.3 is 10.2 Å². The molecule has 0 atom stereocenters. The van der Waals surface area contributed by atoms with Crippen LogP contribution in [0.1, 0.15) is 6.42 Å². The molecule has 0 aliphatic carbocycles. The summed E-state index contributed by atoms with van der Waals surface area (Å²) >= 11 is 0. The van der Waals surface area contributed by atoms with Crippen LogP contribution in [0.4, 0.5) is 0 Å². The summed E-state index contributed by atoms with van der Waals surface area (Å²) in [5, 5.41) is 15.4. The van der Waals surface area contributed by atoms with Crippen LogP contribution in [0, 0.1) is 0 Å².